The van der Waals surface area contributed by atoms with Crippen LogP contribution in [-0.4, -0.2) is 19.6 Å². The predicted octanol–water partition coefficient (Wildman–Crippen LogP) is 4.58. The number of ether oxygens (including phenoxy) is 1. The van der Waals surface area contributed by atoms with Crippen LogP contribution in [0.3, 0.4) is 0 Å². The molecule has 0 aliphatic heterocycles. The number of hydrogen-bond donors (Lipinski definition) is 1. The van der Waals surface area contributed by atoms with E-state index in [1.807, 2.05) is 59.1 Å². The zero-order valence-electron chi connectivity index (χ0n) is 16.8. The Bertz CT molecular complexity index is 1280. The van der Waals surface area contributed by atoms with E-state index in [1.165, 1.54) is 12.8 Å². The second-order valence-electron chi connectivity index (χ2n) is 7.52. The summed E-state index contributed by atoms with van der Waals surface area (Å²) in [7, 11) is 0. The van der Waals surface area contributed by atoms with Gasteiger partial charge in [0.25, 0.3) is 0 Å². The number of pyridine rings is 2. The first-order valence-corrected chi connectivity index (χ1v) is 10.1. The second-order valence-corrected chi connectivity index (χ2v) is 7.52. The molecule has 7 nitrogen and oxygen atoms in total. The molecule has 4 aromatic rings. The summed E-state index contributed by atoms with van der Waals surface area (Å²) in [5.74, 6) is 1.86. The van der Waals surface area contributed by atoms with Crippen LogP contribution in [-0.2, 0) is 6.61 Å². The highest BCUT2D eigenvalue weighted by Crippen LogP contribution is 2.35. The van der Waals surface area contributed by atoms with Crippen molar-refractivity contribution in [2.45, 2.75) is 19.4 Å². The van der Waals surface area contributed by atoms with E-state index in [-0.39, 0.29) is 0 Å². The Morgan fingerprint density at radius 1 is 1.16 bits per heavy atom. The highest BCUT2D eigenvalue weighted by molar-refractivity contribution is 5.64. The number of fused-ring (bicyclic) bond motifs is 1. The summed E-state index contributed by atoms with van der Waals surface area (Å²) in [6, 6.07) is 19.3. The lowest BCUT2D eigenvalue weighted by molar-refractivity contribution is 0.306. The molecular weight excluding hydrogens is 388 g/mol. The Kier molecular flexibility index (Phi) is 4.81. The molecule has 1 N–H and O–H groups in total. The van der Waals surface area contributed by atoms with Gasteiger partial charge in [-0.1, -0.05) is 18.7 Å². The molecular formula is C24H20N6O. The van der Waals surface area contributed by atoms with Crippen molar-refractivity contribution in [3.05, 3.63) is 84.3 Å². The number of nitrogens with zero attached hydrogens (tertiary/aromatic N) is 5. The normalized spacial score (nSPS) is 13.0. The van der Waals surface area contributed by atoms with Crippen LogP contribution in [0.15, 0.2) is 73.1 Å². The minimum Gasteiger partial charge on any atom is -0.489 e. The van der Waals surface area contributed by atoms with Gasteiger partial charge in [-0.25, -0.2) is 9.50 Å². The van der Waals surface area contributed by atoms with Crippen LogP contribution in [0.1, 0.15) is 24.1 Å². The maximum Gasteiger partial charge on any atom is 0.247 e. The summed E-state index contributed by atoms with van der Waals surface area (Å²) in [5.41, 5.74) is 5.01. The first-order chi connectivity index (χ1) is 15.2. The molecule has 3 aromatic heterocycles. The predicted molar refractivity (Wildman–Crippen MR) is 117 cm³/mol. The Labute approximate surface area is 179 Å². The van der Waals surface area contributed by atoms with E-state index < -0.39 is 0 Å². The highest BCUT2D eigenvalue weighted by atomic mass is 16.5. The van der Waals surface area contributed by atoms with E-state index in [0.717, 1.165) is 33.9 Å². The third kappa shape index (κ3) is 4.09. The number of allylic oxidation sites excluding steroid dienone is 1. The SMILES string of the molecule is C=C(Nc1nc2cccc(-c3ccc(OCc4ccc(C#N)nc4)cc3)n2n1)C1CC1. The first kappa shape index (κ1) is 18.8. The van der Waals surface area contributed by atoms with Gasteiger partial charge in [0.05, 0.1) is 5.69 Å². The van der Waals surface area contributed by atoms with Crippen molar-refractivity contribution >= 4 is 11.6 Å². The summed E-state index contributed by atoms with van der Waals surface area (Å²) < 4.78 is 7.68. The van der Waals surface area contributed by atoms with Gasteiger partial charge in [-0.05, 0) is 61.2 Å². The lowest BCUT2D eigenvalue weighted by Crippen LogP contribution is -2.01. The third-order valence-electron chi connectivity index (χ3n) is 5.20. The monoisotopic (exact) mass is 408 g/mol. The van der Waals surface area contributed by atoms with Crippen LogP contribution in [0.5, 0.6) is 5.75 Å². The summed E-state index contributed by atoms with van der Waals surface area (Å²) in [6.45, 7) is 4.47. The molecule has 0 radical (unpaired) electrons. The summed E-state index contributed by atoms with van der Waals surface area (Å²) in [4.78, 5) is 8.63. The van der Waals surface area contributed by atoms with Crippen molar-refractivity contribution in [2.75, 3.05) is 5.32 Å². The van der Waals surface area contributed by atoms with E-state index in [0.29, 0.717) is 24.2 Å². The number of nitrogens with one attached hydrogen (secondary N) is 1. The zero-order chi connectivity index (χ0) is 21.2. The van der Waals surface area contributed by atoms with Crippen molar-refractivity contribution < 1.29 is 4.74 Å². The summed E-state index contributed by atoms with van der Waals surface area (Å²) in [6.07, 6.45) is 4.02. The highest BCUT2D eigenvalue weighted by Gasteiger charge is 2.25. The van der Waals surface area contributed by atoms with E-state index in [1.54, 1.807) is 12.3 Å². The van der Waals surface area contributed by atoms with Crippen LogP contribution in [0.4, 0.5) is 5.95 Å². The third-order valence-corrected chi connectivity index (χ3v) is 5.20. The fraction of sp³-hybridized carbons (Fsp3) is 0.167. The Hall–Kier alpha value is -4.18. The van der Waals surface area contributed by atoms with Gasteiger partial charge in [0, 0.05) is 23.0 Å². The van der Waals surface area contributed by atoms with Crippen LogP contribution < -0.4 is 10.1 Å². The first-order valence-electron chi connectivity index (χ1n) is 10.1. The number of anilines is 1. The van der Waals surface area contributed by atoms with Crippen molar-refractivity contribution in [3.63, 3.8) is 0 Å². The van der Waals surface area contributed by atoms with Crippen molar-refractivity contribution in [3.8, 4) is 23.1 Å². The summed E-state index contributed by atoms with van der Waals surface area (Å²) in [5, 5.41) is 16.7. The standard InChI is InChI=1S/C24H20N6O/c1-16(18-6-7-18)27-24-28-23-4-2-3-22(30(23)29-24)19-8-11-21(12-9-19)31-15-17-5-10-20(13-25)26-14-17/h2-5,8-12,14,18H,1,6-7,15H2,(H,27,29). The van der Waals surface area contributed by atoms with E-state index in [2.05, 4.69) is 27.0 Å². The van der Waals surface area contributed by atoms with Gasteiger partial charge in [0.1, 0.15) is 24.1 Å². The molecule has 1 aromatic carbocycles. The quantitative estimate of drug-likeness (QED) is 0.482. The van der Waals surface area contributed by atoms with Gasteiger partial charge in [0.2, 0.25) is 5.95 Å². The number of aromatic nitrogens is 4. The number of nitriles is 1. The molecule has 0 atom stereocenters. The average molecular weight is 408 g/mol. The molecule has 7 heteroatoms. The van der Waals surface area contributed by atoms with Crippen LogP contribution in [0.2, 0.25) is 0 Å². The maximum absolute atomic E-state index is 8.83. The molecule has 5 rings (SSSR count). The Morgan fingerprint density at radius 3 is 2.71 bits per heavy atom. The molecule has 31 heavy (non-hydrogen) atoms. The van der Waals surface area contributed by atoms with Crippen LogP contribution >= 0.6 is 0 Å². The van der Waals surface area contributed by atoms with E-state index in [9.17, 15) is 0 Å². The lowest BCUT2D eigenvalue weighted by atomic mass is 10.1. The van der Waals surface area contributed by atoms with Crippen LogP contribution in [0, 0.1) is 17.2 Å². The number of hydrogen-bond acceptors (Lipinski definition) is 6. The topological polar surface area (TPSA) is 88.1 Å². The molecule has 0 unspecified atom stereocenters. The fourth-order valence-corrected chi connectivity index (χ4v) is 3.32. The minimum atomic E-state index is 0.386. The molecule has 0 spiro atoms. The van der Waals surface area contributed by atoms with Gasteiger partial charge < -0.3 is 10.1 Å². The molecule has 0 amide bonds. The van der Waals surface area contributed by atoms with Gasteiger partial charge in [-0.15, -0.1) is 5.10 Å². The largest absolute Gasteiger partial charge is 0.489 e. The average Bonchev–Trinajstić information content (AvgIpc) is 3.58. The molecule has 0 saturated heterocycles. The van der Waals surface area contributed by atoms with Crippen LogP contribution in [0.25, 0.3) is 16.9 Å². The zero-order valence-corrected chi connectivity index (χ0v) is 16.8. The van der Waals surface area contributed by atoms with Crippen molar-refractivity contribution in [1.29, 1.82) is 5.26 Å². The second kappa shape index (κ2) is 7.92. The van der Waals surface area contributed by atoms with Gasteiger partial charge in [0.15, 0.2) is 5.65 Å². The summed E-state index contributed by atoms with van der Waals surface area (Å²) >= 11 is 0. The number of rotatable bonds is 7. The fourth-order valence-electron chi connectivity index (χ4n) is 3.32. The molecule has 1 aliphatic rings. The Morgan fingerprint density at radius 2 is 2.00 bits per heavy atom. The molecule has 1 fully saturated rings. The van der Waals surface area contributed by atoms with E-state index in [4.69, 9.17) is 10.00 Å². The molecule has 0 bridgehead atoms. The van der Waals surface area contributed by atoms with Gasteiger partial charge in [-0.3, -0.25) is 0 Å². The van der Waals surface area contributed by atoms with E-state index >= 15 is 0 Å². The molecule has 1 saturated carbocycles. The number of benzene rings is 1. The smallest absolute Gasteiger partial charge is 0.247 e. The Balaban J connectivity index is 1.32. The minimum absolute atomic E-state index is 0.386. The maximum atomic E-state index is 8.83. The molecule has 152 valence electrons. The lowest BCUT2D eigenvalue weighted by Gasteiger charge is -2.08. The molecule has 3 heterocycles. The van der Waals surface area contributed by atoms with Crippen molar-refractivity contribution in [2.24, 2.45) is 5.92 Å². The van der Waals surface area contributed by atoms with Gasteiger partial charge >= 0.3 is 0 Å². The van der Waals surface area contributed by atoms with Gasteiger partial charge in [-0.2, -0.15) is 10.2 Å². The molecule has 1 aliphatic carbocycles. The van der Waals surface area contributed by atoms with Crippen molar-refractivity contribution in [1.82, 2.24) is 19.6 Å².